The molecule has 1 atom stereocenters. The minimum atomic E-state index is 0.174. The van der Waals surface area contributed by atoms with Crippen LogP contribution in [0.1, 0.15) is 30.0 Å². The summed E-state index contributed by atoms with van der Waals surface area (Å²) in [6, 6.07) is 0.174. The summed E-state index contributed by atoms with van der Waals surface area (Å²) in [7, 11) is 3.70. The van der Waals surface area contributed by atoms with Crippen LogP contribution in [0.25, 0.3) is 0 Å². The van der Waals surface area contributed by atoms with Crippen LogP contribution in [0.2, 0.25) is 0 Å². The third kappa shape index (κ3) is 2.73. The lowest BCUT2D eigenvalue weighted by atomic mass is 10.0. The summed E-state index contributed by atoms with van der Waals surface area (Å²) >= 11 is 0. The first-order valence-corrected chi connectivity index (χ1v) is 6.06. The maximum absolute atomic E-state index is 4.38. The maximum Gasteiger partial charge on any atom is 0.176 e. The number of hydrogen-bond acceptors (Lipinski definition) is 5. The van der Waals surface area contributed by atoms with E-state index in [0.29, 0.717) is 6.42 Å². The number of hydrogen-bond donors (Lipinski definition) is 1. The van der Waals surface area contributed by atoms with Gasteiger partial charge in [-0.2, -0.15) is 9.90 Å². The molecule has 0 spiro atoms. The number of rotatable bonds is 5. The summed E-state index contributed by atoms with van der Waals surface area (Å²) < 4.78 is 1.83. The first-order valence-electron chi connectivity index (χ1n) is 6.06. The number of nitrogens with one attached hydrogen (secondary N) is 1. The molecule has 0 fully saturated rings. The van der Waals surface area contributed by atoms with Crippen LogP contribution in [0, 0.1) is 6.92 Å². The van der Waals surface area contributed by atoms with Crippen LogP contribution in [-0.4, -0.2) is 36.5 Å². The Morgan fingerprint density at radius 3 is 2.61 bits per heavy atom. The van der Waals surface area contributed by atoms with Crippen molar-refractivity contribution in [3.8, 4) is 0 Å². The molecule has 1 unspecified atom stereocenters. The Kier molecular flexibility index (Phi) is 3.71. The molecule has 0 aliphatic heterocycles. The van der Waals surface area contributed by atoms with E-state index in [0.717, 1.165) is 18.1 Å². The van der Waals surface area contributed by atoms with E-state index in [1.54, 1.807) is 7.05 Å². The highest BCUT2D eigenvalue weighted by Crippen LogP contribution is 2.19. The highest BCUT2D eigenvalue weighted by atomic mass is 15.6. The molecular formula is C11H19N7. The van der Waals surface area contributed by atoms with Gasteiger partial charge in [0, 0.05) is 31.3 Å². The molecule has 2 aromatic heterocycles. The molecule has 0 amide bonds. The summed E-state index contributed by atoms with van der Waals surface area (Å²) in [4.78, 5) is 1.48. The quantitative estimate of drug-likeness (QED) is 0.816. The Morgan fingerprint density at radius 2 is 2.11 bits per heavy atom. The Hall–Kier alpha value is -1.76. The monoisotopic (exact) mass is 249 g/mol. The third-order valence-electron chi connectivity index (χ3n) is 2.81. The van der Waals surface area contributed by atoms with Gasteiger partial charge in [-0.25, -0.2) is 0 Å². The largest absolute Gasteiger partial charge is 0.310 e. The maximum atomic E-state index is 4.38. The predicted octanol–water partition coefficient (Wildman–Crippen LogP) is 0.145. The second kappa shape index (κ2) is 5.26. The van der Waals surface area contributed by atoms with Crippen molar-refractivity contribution in [3.05, 3.63) is 23.3 Å². The van der Waals surface area contributed by atoms with E-state index in [1.165, 1.54) is 10.4 Å². The fraction of sp³-hybridized carbons (Fsp3) is 0.636. The molecule has 98 valence electrons. The number of likely N-dealkylation sites (N-methyl/N-ethyl adjacent to an activating group) is 1. The van der Waals surface area contributed by atoms with Crippen molar-refractivity contribution in [3.63, 3.8) is 0 Å². The van der Waals surface area contributed by atoms with Crippen LogP contribution >= 0.6 is 0 Å². The van der Waals surface area contributed by atoms with Gasteiger partial charge >= 0.3 is 0 Å². The SMILES string of the molecule is CCNC(Cc1nnn(C)n1)c1cn(C)nc1C. The fourth-order valence-corrected chi connectivity index (χ4v) is 2.09. The van der Waals surface area contributed by atoms with Gasteiger partial charge < -0.3 is 5.32 Å². The molecular weight excluding hydrogens is 230 g/mol. The first-order chi connectivity index (χ1) is 8.60. The second-order valence-electron chi connectivity index (χ2n) is 4.35. The molecule has 0 bridgehead atoms. The Balaban J connectivity index is 2.20. The summed E-state index contributed by atoms with van der Waals surface area (Å²) in [6.45, 7) is 4.99. The lowest BCUT2D eigenvalue weighted by Gasteiger charge is -2.15. The van der Waals surface area contributed by atoms with Crippen LogP contribution in [0.5, 0.6) is 0 Å². The fourth-order valence-electron chi connectivity index (χ4n) is 2.09. The average molecular weight is 249 g/mol. The van der Waals surface area contributed by atoms with Crippen LogP contribution < -0.4 is 5.32 Å². The highest BCUT2D eigenvalue weighted by molar-refractivity contribution is 5.21. The smallest absolute Gasteiger partial charge is 0.176 e. The topological polar surface area (TPSA) is 73.5 Å². The molecule has 0 aliphatic carbocycles. The van der Waals surface area contributed by atoms with Crippen molar-refractivity contribution in [2.24, 2.45) is 14.1 Å². The van der Waals surface area contributed by atoms with Gasteiger partial charge in [-0.3, -0.25) is 4.68 Å². The van der Waals surface area contributed by atoms with Gasteiger partial charge in [-0.15, -0.1) is 10.2 Å². The van der Waals surface area contributed by atoms with Crippen molar-refractivity contribution in [1.29, 1.82) is 0 Å². The van der Waals surface area contributed by atoms with Crippen molar-refractivity contribution in [1.82, 2.24) is 35.3 Å². The Morgan fingerprint density at radius 1 is 1.33 bits per heavy atom. The molecule has 2 rings (SSSR count). The molecule has 2 heterocycles. The van der Waals surface area contributed by atoms with Gasteiger partial charge in [0.25, 0.3) is 0 Å². The molecule has 7 heteroatoms. The molecule has 0 radical (unpaired) electrons. The minimum Gasteiger partial charge on any atom is -0.310 e. The standard InChI is InChI=1S/C11H19N7/c1-5-12-10(6-11-13-16-18(4)15-11)9-7-17(3)14-8(9)2/h7,10,12H,5-6H2,1-4H3. The molecule has 0 aliphatic rings. The zero-order chi connectivity index (χ0) is 13.1. The highest BCUT2D eigenvalue weighted by Gasteiger charge is 2.18. The zero-order valence-corrected chi connectivity index (χ0v) is 11.3. The van der Waals surface area contributed by atoms with Crippen molar-refractivity contribution >= 4 is 0 Å². The zero-order valence-electron chi connectivity index (χ0n) is 11.3. The van der Waals surface area contributed by atoms with Gasteiger partial charge in [0.05, 0.1) is 12.7 Å². The van der Waals surface area contributed by atoms with E-state index in [1.807, 2.05) is 24.9 Å². The predicted molar refractivity (Wildman–Crippen MR) is 66.9 cm³/mol. The van der Waals surface area contributed by atoms with E-state index in [2.05, 4.69) is 32.7 Å². The summed E-state index contributed by atoms with van der Waals surface area (Å²) in [6.07, 6.45) is 2.76. The van der Waals surface area contributed by atoms with Crippen LogP contribution in [-0.2, 0) is 20.5 Å². The number of tetrazole rings is 1. The van der Waals surface area contributed by atoms with Crippen molar-refractivity contribution in [2.45, 2.75) is 26.3 Å². The molecule has 0 aromatic carbocycles. The van der Waals surface area contributed by atoms with E-state index < -0.39 is 0 Å². The van der Waals surface area contributed by atoms with Gasteiger partial charge in [0.15, 0.2) is 5.82 Å². The lowest BCUT2D eigenvalue weighted by Crippen LogP contribution is -2.23. The van der Waals surface area contributed by atoms with E-state index in [9.17, 15) is 0 Å². The summed E-state index contributed by atoms with van der Waals surface area (Å²) in [5, 5.41) is 19.9. The molecule has 2 aromatic rings. The van der Waals surface area contributed by atoms with E-state index in [-0.39, 0.29) is 6.04 Å². The van der Waals surface area contributed by atoms with Crippen molar-refractivity contribution < 1.29 is 0 Å². The number of aromatic nitrogens is 6. The Labute approximate surface area is 106 Å². The number of aryl methyl sites for hydroxylation is 3. The van der Waals surface area contributed by atoms with E-state index >= 15 is 0 Å². The normalized spacial score (nSPS) is 12.9. The van der Waals surface area contributed by atoms with Crippen LogP contribution in [0.15, 0.2) is 6.20 Å². The summed E-state index contributed by atoms with van der Waals surface area (Å²) in [5.74, 6) is 0.742. The third-order valence-corrected chi connectivity index (χ3v) is 2.81. The van der Waals surface area contributed by atoms with Crippen LogP contribution in [0.4, 0.5) is 0 Å². The molecule has 18 heavy (non-hydrogen) atoms. The van der Waals surface area contributed by atoms with Crippen molar-refractivity contribution in [2.75, 3.05) is 6.54 Å². The molecule has 1 N–H and O–H groups in total. The first kappa shape index (κ1) is 12.7. The summed E-state index contributed by atoms with van der Waals surface area (Å²) in [5.41, 5.74) is 2.22. The van der Waals surface area contributed by atoms with Gasteiger partial charge in [-0.1, -0.05) is 6.92 Å². The molecule has 0 saturated carbocycles. The minimum absolute atomic E-state index is 0.174. The van der Waals surface area contributed by atoms with E-state index in [4.69, 9.17) is 0 Å². The number of nitrogens with zero attached hydrogens (tertiary/aromatic N) is 6. The van der Waals surface area contributed by atoms with Gasteiger partial charge in [-0.05, 0) is 18.7 Å². The average Bonchev–Trinajstić information content (AvgIpc) is 2.84. The van der Waals surface area contributed by atoms with Gasteiger partial charge in [0.2, 0.25) is 0 Å². The molecule has 0 saturated heterocycles. The van der Waals surface area contributed by atoms with Gasteiger partial charge in [0.1, 0.15) is 0 Å². The second-order valence-corrected chi connectivity index (χ2v) is 4.35. The Bertz CT molecular complexity index is 513. The lowest BCUT2D eigenvalue weighted by molar-refractivity contribution is 0.532. The van der Waals surface area contributed by atoms with Crippen LogP contribution in [0.3, 0.4) is 0 Å². The molecule has 7 nitrogen and oxygen atoms in total.